The molecule has 0 aliphatic heterocycles. The maximum Gasteiger partial charge on any atom is 0.321 e. The topological polar surface area (TPSA) is 69.7 Å². The van der Waals surface area contributed by atoms with E-state index in [9.17, 15) is 14.4 Å². The number of Topliss-reactive ketones (excluding diaryl/α,β-unsaturated/α-hetero) is 1. The van der Waals surface area contributed by atoms with E-state index in [1.54, 1.807) is 19.2 Å². The average Bonchev–Trinajstić information content (AvgIpc) is 2.73. The molecular formula is C23H20O5. The molecule has 3 aromatic carbocycles. The fraction of sp³-hybridized carbons (Fsp3) is 0.174. The number of fused-ring (bicyclic) bond motifs is 1. The zero-order chi connectivity index (χ0) is 20.3. The van der Waals surface area contributed by atoms with Crippen LogP contribution in [0.3, 0.4) is 0 Å². The number of carbonyl (C=O) groups is 3. The highest BCUT2D eigenvalue weighted by Gasteiger charge is 2.29. The zero-order valence-electron chi connectivity index (χ0n) is 15.9. The normalized spacial score (nSPS) is 11.7. The van der Waals surface area contributed by atoms with E-state index >= 15 is 0 Å². The highest BCUT2D eigenvalue weighted by Crippen LogP contribution is 2.30. The Hall–Kier alpha value is -3.47. The second kappa shape index (κ2) is 8.05. The first-order valence-electron chi connectivity index (χ1n) is 8.74. The van der Waals surface area contributed by atoms with Crippen molar-refractivity contribution in [2.45, 2.75) is 12.8 Å². The summed E-state index contributed by atoms with van der Waals surface area (Å²) >= 11 is 0. The van der Waals surface area contributed by atoms with Gasteiger partial charge in [0.15, 0.2) is 6.29 Å². The Morgan fingerprint density at radius 2 is 1.54 bits per heavy atom. The predicted molar refractivity (Wildman–Crippen MR) is 107 cm³/mol. The summed E-state index contributed by atoms with van der Waals surface area (Å²) in [5.41, 5.74) is 3.58. The van der Waals surface area contributed by atoms with Gasteiger partial charge in [-0.15, -0.1) is 0 Å². The second-order valence-electron chi connectivity index (χ2n) is 6.48. The van der Waals surface area contributed by atoms with Crippen molar-refractivity contribution in [2.24, 2.45) is 0 Å². The molecular weight excluding hydrogens is 356 g/mol. The number of hydrogen-bond acceptors (Lipinski definition) is 5. The average molecular weight is 376 g/mol. The van der Waals surface area contributed by atoms with Gasteiger partial charge in [-0.2, -0.15) is 0 Å². The van der Waals surface area contributed by atoms with Gasteiger partial charge in [0.1, 0.15) is 11.7 Å². The van der Waals surface area contributed by atoms with Crippen molar-refractivity contribution in [3.8, 4) is 16.9 Å². The Kier molecular flexibility index (Phi) is 5.54. The van der Waals surface area contributed by atoms with Gasteiger partial charge in [-0.25, -0.2) is 0 Å². The van der Waals surface area contributed by atoms with Gasteiger partial charge in [-0.1, -0.05) is 30.3 Å². The standard InChI is InChI=1S/C23H20O5/c1-14-10-15(8-9-21(14)27-2)16-4-5-18-12-19(7-6-17(18)11-16)22(20(25)13-24)23(26)28-3/h4-13,22H,1-3H3. The first-order chi connectivity index (χ1) is 13.5. The Morgan fingerprint density at radius 3 is 2.18 bits per heavy atom. The molecule has 0 amide bonds. The van der Waals surface area contributed by atoms with E-state index in [0.29, 0.717) is 5.56 Å². The van der Waals surface area contributed by atoms with E-state index in [-0.39, 0.29) is 6.29 Å². The van der Waals surface area contributed by atoms with E-state index in [2.05, 4.69) is 10.8 Å². The minimum absolute atomic E-state index is 0.154. The highest BCUT2D eigenvalue weighted by molar-refractivity contribution is 6.33. The van der Waals surface area contributed by atoms with Gasteiger partial charge in [0.05, 0.1) is 14.2 Å². The molecule has 142 valence electrons. The molecule has 3 rings (SSSR count). The van der Waals surface area contributed by atoms with Gasteiger partial charge in [0.2, 0.25) is 5.78 Å². The third kappa shape index (κ3) is 3.64. The van der Waals surface area contributed by atoms with E-state index in [1.807, 2.05) is 43.3 Å². The van der Waals surface area contributed by atoms with Crippen LogP contribution in [0.1, 0.15) is 17.0 Å². The van der Waals surface area contributed by atoms with Crippen molar-refractivity contribution in [1.29, 1.82) is 0 Å². The lowest BCUT2D eigenvalue weighted by Crippen LogP contribution is -2.24. The van der Waals surface area contributed by atoms with Crippen LogP contribution in [0.25, 0.3) is 21.9 Å². The minimum Gasteiger partial charge on any atom is -0.496 e. The summed E-state index contributed by atoms with van der Waals surface area (Å²) in [6.45, 7) is 1.99. The van der Waals surface area contributed by atoms with Crippen molar-refractivity contribution in [1.82, 2.24) is 0 Å². The van der Waals surface area contributed by atoms with E-state index in [1.165, 1.54) is 7.11 Å². The number of rotatable bonds is 6. The third-order valence-corrected chi connectivity index (χ3v) is 4.76. The van der Waals surface area contributed by atoms with Crippen molar-refractivity contribution >= 4 is 28.8 Å². The molecule has 0 heterocycles. The number of benzene rings is 3. The summed E-state index contributed by atoms with van der Waals surface area (Å²) in [5.74, 6) is -1.98. The number of hydrogen-bond donors (Lipinski definition) is 0. The second-order valence-corrected chi connectivity index (χ2v) is 6.48. The van der Waals surface area contributed by atoms with Crippen molar-refractivity contribution < 1.29 is 23.9 Å². The van der Waals surface area contributed by atoms with Crippen LogP contribution in [0, 0.1) is 6.92 Å². The minimum atomic E-state index is -1.24. The summed E-state index contributed by atoms with van der Waals surface area (Å²) in [7, 11) is 2.84. The lowest BCUT2D eigenvalue weighted by molar-refractivity contribution is -0.147. The molecule has 5 nitrogen and oxygen atoms in total. The molecule has 0 aliphatic carbocycles. The number of ketones is 1. The Bertz CT molecular complexity index is 1070. The Balaban J connectivity index is 2.02. The van der Waals surface area contributed by atoms with Gasteiger partial charge in [-0.05, 0) is 64.2 Å². The smallest absolute Gasteiger partial charge is 0.321 e. The fourth-order valence-corrected chi connectivity index (χ4v) is 3.28. The summed E-state index contributed by atoms with van der Waals surface area (Å²) in [6.07, 6.45) is 0.154. The summed E-state index contributed by atoms with van der Waals surface area (Å²) < 4.78 is 9.99. The molecule has 0 saturated heterocycles. The molecule has 28 heavy (non-hydrogen) atoms. The van der Waals surface area contributed by atoms with E-state index in [0.717, 1.165) is 33.2 Å². The zero-order valence-corrected chi connectivity index (χ0v) is 15.9. The largest absolute Gasteiger partial charge is 0.496 e. The van der Waals surface area contributed by atoms with Crippen LogP contribution in [0.15, 0.2) is 54.6 Å². The number of aldehydes is 1. The number of ether oxygens (including phenoxy) is 2. The Labute approximate surface area is 162 Å². The molecule has 5 heteroatoms. The van der Waals surface area contributed by atoms with Crippen LogP contribution in [-0.2, 0) is 19.1 Å². The van der Waals surface area contributed by atoms with Gasteiger partial charge >= 0.3 is 5.97 Å². The molecule has 3 aromatic rings. The summed E-state index contributed by atoms with van der Waals surface area (Å²) in [5, 5.41) is 1.82. The maximum atomic E-state index is 12.0. The number of carbonyl (C=O) groups excluding carboxylic acids is 3. The van der Waals surface area contributed by atoms with Crippen LogP contribution in [0.2, 0.25) is 0 Å². The maximum absolute atomic E-state index is 12.0. The number of aryl methyl sites for hydroxylation is 1. The first kappa shape index (κ1) is 19.3. The lowest BCUT2D eigenvalue weighted by Gasteiger charge is -2.13. The van der Waals surface area contributed by atoms with Crippen molar-refractivity contribution in [3.63, 3.8) is 0 Å². The molecule has 0 aliphatic rings. The van der Waals surface area contributed by atoms with Gasteiger partial charge in [-0.3, -0.25) is 14.4 Å². The molecule has 0 saturated carbocycles. The summed E-state index contributed by atoms with van der Waals surface area (Å²) in [4.78, 5) is 34.8. The molecule has 0 N–H and O–H groups in total. The van der Waals surface area contributed by atoms with Crippen LogP contribution in [0.5, 0.6) is 5.75 Å². The monoisotopic (exact) mass is 376 g/mol. The molecule has 0 fully saturated rings. The van der Waals surface area contributed by atoms with Crippen LogP contribution >= 0.6 is 0 Å². The molecule has 1 unspecified atom stereocenters. The summed E-state index contributed by atoms with van der Waals surface area (Å²) in [6, 6.07) is 17.2. The van der Waals surface area contributed by atoms with E-state index in [4.69, 9.17) is 4.74 Å². The van der Waals surface area contributed by atoms with Gasteiger partial charge in [0.25, 0.3) is 0 Å². The molecule has 0 bridgehead atoms. The quantitative estimate of drug-likeness (QED) is 0.283. The van der Waals surface area contributed by atoms with Crippen LogP contribution < -0.4 is 4.74 Å². The SMILES string of the molecule is COC(=O)C(C(=O)C=O)c1ccc2cc(-c3ccc(OC)c(C)c3)ccc2c1. The predicted octanol–water partition coefficient (Wildman–Crippen LogP) is 3.85. The van der Waals surface area contributed by atoms with Crippen LogP contribution in [0.4, 0.5) is 0 Å². The van der Waals surface area contributed by atoms with Crippen LogP contribution in [-0.4, -0.2) is 32.3 Å². The van der Waals surface area contributed by atoms with Crippen molar-refractivity contribution in [2.75, 3.05) is 14.2 Å². The Morgan fingerprint density at radius 1 is 0.893 bits per heavy atom. The molecule has 0 radical (unpaired) electrons. The van der Waals surface area contributed by atoms with Crippen molar-refractivity contribution in [3.05, 3.63) is 65.7 Å². The van der Waals surface area contributed by atoms with Gasteiger partial charge < -0.3 is 9.47 Å². The highest BCUT2D eigenvalue weighted by atomic mass is 16.5. The first-order valence-corrected chi connectivity index (χ1v) is 8.74. The lowest BCUT2D eigenvalue weighted by atomic mass is 9.92. The van der Waals surface area contributed by atoms with Gasteiger partial charge in [0, 0.05) is 0 Å². The molecule has 0 spiro atoms. The third-order valence-electron chi connectivity index (χ3n) is 4.76. The molecule has 0 aromatic heterocycles. The molecule has 1 atom stereocenters. The number of esters is 1. The fourth-order valence-electron chi connectivity index (χ4n) is 3.28. The van der Waals surface area contributed by atoms with E-state index < -0.39 is 17.7 Å². The number of methoxy groups -OCH3 is 2.